The quantitative estimate of drug-likeness (QED) is 0.625. The number of hydrogen-bond acceptors (Lipinski definition) is 3. The zero-order valence-electron chi connectivity index (χ0n) is 12.4. The van der Waals surface area contributed by atoms with Crippen LogP contribution in [0, 0.1) is 18.3 Å². The third-order valence-corrected chi connectivity index (χ3v) is 3.17. The molecule has 0 aliphatic heterocycles. The molecule has 0 aliphatic rings. The summed E-state index contributed by atoms with van der Waals surface area (Å²) in [6, 6.07) is 15.7. The Morgan fingerprint density at radius 3 is 2.05 bits per heavy atom. The minimum absolute atomic E-state index is 0.566. The van der Waals surface area contributed by atoms with Gasteiger partial charge in [0.1, 0.15) is 11.5 Å². The lowest BCUT2D eigenvalue weighted by atomic mass is 10.0. The van der Waals surface area contributed by atoms with Crippen molar-refractivity contribution in [1.29, 1.82) is 5.26 Å². The molecule has 2 aromatic carbocycles. The van der Waals surface area contributed by atoms with Crippen LogP contribution in [-0.4, -0.2) is 14.2 Å². The minimum Gasteiger partial charge on any atom is -0.497 e. The summed E-state index contributed by atoms with van der Waals surface area (Å²) >= 11 is 0. The van der Waals surface area contributed by atoms with Crippen LogP contribution in [0.15, 0.2) is 42.5 Å². The van der Waals surface area contributed by atoms with Crippen molar-refractivity contribution in [3.05, 3.63) is 59.2 Å². The zero-order valence-corrected chi connectivity index (χ0v) is 12.4. The number of methoxy groups -OCH3 is 2. The Bertz CT molecular complexity index is 672. The molecular weight excluding hydrogens is 262 g/mol. The van der Waals surface area contributed by atoms with Crippen molar-refractivity contribution in [3.8, 4) is 17.6 Å². The van der Waals surface area contributed by atoms with Gasteiger partial charge < -0.3 is 9.47 Å². The highest BCUT2D eigenvalue weighted by atomic mass is 16.5. The van der Waals surface area contributed by atoms with Gasteiger partial charge in [-0.3, -0.25) is 0 Å². The topological polar surface area (TPSA) is 42.2 Å². The van der Waals surface area contributed by atoms with E-state index in [2.05, 4.69) is 6.07 Å². The number of nitrogens with zero attached hydrogens (tertiary/aromatic N) is 1. The molecule has 21 heavy (non-hydrogen) atoms. The summed E-state index contributed by atoms with van der Waals surface area (Å²) < 4.78 is 10.5. The fourth-order valence-corrected chi connectivity index (χ4v) is 1.97. The van der Waals surface area contributed by atoms with Gasteiger partial charge in [-0.1, -0.05) is 29.8 Å². The Morgan fingerprint density at radius 1 is 1.00 bits per heavy atom. The first-order valence-corrected chi connectivity index (χ1v) is 6.58. The number of rotatable bonds is 4. The third-order valence-electron chi connectivity index (χ3n) is 3.17. The Hall–Kier alpha value is -2.73. The summed E-state index contributed by atoms with van der Waals surface area (Å²) in [5, 5.41) is 9.42. The number of nitriles is 1. The standard InChI is InChI=1S/C18H17NO2/c1-13-4-6-14(7-5-13)8-16(12-19)15-9-17(20-2)11-18(10-15)21-3/h4-11H,1-3H3/b16-8+. The van der Waals surface area contributed by atoms with Crippen LogP contribution in [0.5, 0.6) is 11.5 Å². The maximum Gasteiger partial charge on any atom is 0.123 e. The van der Waals surface area contributed by atoms with Crippen molar-refractivity contribution in [3.63, 3.8) is 0 Å². The lowest BCUT2D eigenvalue weighted by molar-refractivity contribution is 0.394. The summed E-state index contributed by atoms with van der Waals surface area (Å²) in [6.07, 6.45) is 1.85. The number of hydrogen-bond donors (Lipinski definition) is 0. The molecule has 0 heterocycles. The first-order chi connectivity index (χ1) is 10.2. The van der Waals surface area contributed by atoms with E-state index in [0.717, 1.165) is 11.1 Å². The largest absolute Gasteiger partial charge is 0.497 e. The molecule has 0 radical (unpaired) electrons. The van der Waals surface area contributed by atoms with Crippen molar-refractivity contribution in [2.24, 2.45) is 0 Å². The van der Waals surface area contributed by atoms with E-state index in [4.69, 9.17) is 9.47 Å². The second-order valence-electron chi connectivity index (χ2n) is 4.68. The third kappa shape index (κ3) is 3.64. The maximum atomic E-state index is 9.42. The second kappa shape index (κ2) is 6.62. The first-order valence-electron chi connectivity index (χ1n) is 6.58. The molecule has 0 atom stereocenters. The molecule has 3 nitrogen and oxygen atoms in total. The molecule has 106 valence electrons. The average molecular weight is 279 g/mol. The lowest BCUT2D eigenvalue weighted by Crippen LogP contribution is -1.90. The van der Waals surface area contributed by atoms with E-state index in [9.17, 15) is 5.26 Å². The summed E-state index contributed by atoms with van der Waals surface area (Å²) in [5.74, 6) is 1.32. The van der Waals surface area contributed by atoms with Crippen LogP contribution in [0.2, 0.25) is 0 Å². The summed E-state index contributed by atoms with van der Waals surface area (Å²) in [4.78, 5) is 0. The van der Waals surface area contributed by atoms with Crippen LogP contribution in [0.25, 0.3) is 11.6 Å². The van der Waals surface area contributed by atoms with E-state index in [0.29, 0.717) is 17.1 Å². The van der Waals surface area contributed by atoms with Crippen molar-refractivity contribution in [1.82, 2.24) is 0 Å². The van der Waals surface area contributed by atoms with Crippen LogP contribution in [-0.2, 0) is 0 Å². The second-order valence-corrected chi connectivity index (χ2v) is 4.68. The molecule has 2 aromatic rings. The molecule has 2 rings (SSSR count). The Balaban J connectivity index is 2.46. The predicted molar refractivity (Wildman–Crippen MR) is 84.2 cm³/mol. The van der Waals surface area contributed by atoms with Gasteiger partial charge in [0.2, 0.25) is 0 Å². The van der Waals surface area contributed by atoms with Crippen molar-refractivity contribution in [2.75, 3.05) is 14.2 Å². The van der Waals surface area contributed by atoms with E-state index in [1.165, 1.54) is 5.56 Å². The maximum absolute atomic E-state index is 9.42. The molecule has 0 unspecified atom stereocenters. The van der Waals surface area contributed by atoms with Gasteiger partial charge in [0.15, 0.2) is 0 Å². The number of aryl methyl sites for hydroxylation is 1. The van der Waals surface area contributed by atoms with Gasteiger partial charge >= 0.3 is 0 Å². The molecule has 0 bridgehead atoms. The molecule has 3 heteroatoms. The normalized spacial score (nSPS) is 10.9. The highest BCUT2D eigenvalue weighted by Crippen LogP contribution is 2.28. The molecule has 0 saturated heterocycles. The highest BCUT2D eigenvalue weighted by Gasteiger charge is 2.06. The Morgan fingerprint density at radius 2 is 1.57 bits per heavy atom. The van der Waals surface area contributed by atoms with Crippen LogP contribution in [0.3, 0.4) is 0 Å². The van der Waals surface area contributed by atoms with E-state index >= 15 is 0 Å². The van der Waals surface area contributed by atoms with Crippen LogP contribution in [0.1, 0.15) is 16.7 Å². The van der Waals surface area contributed by atoms with Gasteiger partial charge in [-0.05, 0) is 36.3 Å². The van der Waals surface area contributed by atoms with Crippen molar-refractivity contribution >= 4 is 11.6 Å². The van der Waals surface area contributed by atoms with Gasteiger partial charge in [0.05, 0.1) is 25.9 Å². The van der Waals surface area contributed by atoms with Crippen molar-refractivity contribution in [2.45, 2.75) is 6.92 Å². The minimum atomic E-state index is 0.566. The van der Waals surface area contributed by atoms with E-state index < -0.39 is 0 Å². The zero-order chi connectivity index (χ0) is 15.2. The van der Waals surface area contributed by atoms with Gasteiger partial charge in [0, 0.05) is 6.07 Å². The highest BCUT2D eigenvalue weighted by molar-refractivity contribution is 5.90. The summed E-state index contributed by atoms with van der Waals surface area (Å²) in [7, 11) is 3.18. The van der Waals surface area contributed by atoms with E-state index in [1.54, 1.807) is 20.3 Å². The average Bonchev–Trinajstić information content (AvgIpc) is 2.53. The van der Waals surface area contributed by atoms with Gasteiger partial charge in [0.25, 0.3) is 0 Å². The fourth-order valence-electron chi connectivity index (χ4n) is 1.97. The Labute approximate surface area is 125 Å². The van der Waals surface area contributed by atoms with Gasteiger partial charge in [-0.15, -0.1) is 0 Å². The fraction of sp³-hybridized carbons (Fsp3) is 0.167. The van der Waals surface area contributed by atoms with E-state index in [1.807, 2.05) is 49.4 Å². The molecular formula is C18H17NO2. The lowest BCUT2D eigenvalue weighted by Gasteiger charge is -2.08. The predicted octanol–water partition coefficient (Wildman–Crippen LogP) is 4.08. The molecule has 0 saturated carbocycles. The number of allylic oxidation sites excluding steroid dienone is 1. The van der Waals surface area contributed by atoms with Gasteiger partial charge in [-0.25, -0.2) is 0 Å². The molecule has 0 aliphatic carbocycles. The molecule has 0 spiro atoms. The van der Waals surface area contributed by atoms with Crippen molar-refractivity contribution < 1.29 is 9.47 Å². The van der Waals surface area contributed by atoms with Crippen LogP contribution in [0.4, 0.5) is 0 Å². The molecule has 0 amide bonds. The van der Waals surface area contributed by atoms with Crippen LogP contribution < -0.4 is 9.47 Å². The molecule has 0 fully saturated rings. The summed E-state index contributed by atoms with van der Waals surface area (Å²) in [6.45, 7) is 2.03. The van der Waals surface area contributed by atoms with Crippen LogP contribution >= 0.6 is 0 Å². The molecule has 0 N–H and O–H groups in total. The number of ether oxygens (including phenoxy) is 2. The Kier molecular flexibility index (Phi) is 4.63. The van der Waals surface area contributed by atoms with Gasteiger partial charge in [-0.2, -0.15) is 5.26 Å². The SMILES string of the molecule is COc1cc(OC)cc(/C(C#N)=C/c2ccc(C)cc2)c1. The first kappa shape index (κ1) is 14.7. The molecule has 0 aromatic heterocycles. The number of benzene rings is 2. The van der Waals surface area contributed by atoms with E-state index in [-0.39, 0.29) is 0 Å². The monoisotopic (exact) mass is 279 g/mol. The smallest absolute Gasteiger partial charge is 0.123 e. The summed E-state index contributed by atoms with van der Waals surface area (Å²) in [5.41, 5.74) is 3.51.